The minimum atomic E-state index is -1.96. The molecule has 0 radical (unpaired) electrons. The van der Waals surface area contributed by atoms with Gasteiger partial charge < -0.3 is 29.6 Å². The van der Waals surface area contributed by atoms with Crippen LogP contribution < -0.4 is 10.9 Å². The minimum absolute atomic E-state index is 0.0213. The van der Waals surface area contributed by atoms with Crippen LogP contribution in [0.1, 0.15) is 72.0 Å². The van der Waals surface area contributed by atoms with E-state index in [1.165, 1.54) is 6.07 Å². The normalized spacial score (nSPS) is 22.8. The van der Waals surface area contributed by atoms with Crippen molar-refractivity contribution in [3.8, 4) is 11.4 Å². The molecule has 1 aromatic carbocycles. The molecule has 10 nitrogen and oxygen atoms in total. The van der Waals surface area contributed by atoms with Crippen LogP contribution in [0.15, 0.2) is 16.9 Å². The Morgan fingerprint density at radius 2 is 2.05 bits per heavy atom. The van der Waals surface area contributed by atoms with Gasteiger partial charge in [-0.3, -0.25) is 9.59 Å². The number of ether oxygens (including phenoxy) is 2. The van der Waals surface area contributed by atoms with Crippen LogP contribution >= 0.6 is 0 Å². The van der Waals surface area contributed by atoms with Crippen molar-refractivity contribution < 1.29 is 33.7 Å². The molecule has 1 fully saturated rings. The molecule has 2 aromatic heterocycles. The van der Waals surface area contributed by atoms with Crippen LogP contribution in [0.3, 0.4) is 0 Å². The summed E-state index contributed by atoms with van der Waals surface area (Å²) in [6, 6.07) is 2.58. The predicted molar refractivity (Wildman–Crippen MR) is 148 cm³/mol. The van der Waals surface area contributed by atoms with E-state index in [2.05, 4.69) is 5.32 Å². The molecule has 1 amide bonds. The molecule has 3 aromatic rings. The number of esters is 1. The maximum Gasteiger partial charge on any atom is 0.343 e. The molecule has 0 spiro atoms. The lowest BCUT2D eigenvalue weighted by molar-refractivity contribution is -0.172. The molecule has 3 N–H and O–H groups in total. The van der Waals surface area contributed by atoms with Gasteiger partial charge >= 0.3 is 5.97 Å². The highest BCUT2D eigenvalue weighted by atomic mass is 19.1. The molecule has 0 saturated heterocycles. The molecule has 3 atom stereocenters. The smallest absolute Gasteiger partial charge is 0.343 e. The summed E-state index contributed by atoms with van der Waals surface area (Å²) in [4.78, 5) is 44.7. The highest BCUT2D eigenvalue weighted by molar-refractivity contribution is 5.94. The molecule has 0 bridgehead atoms. The van der Waals surface area contributed by atoms with Gasteiger partial charge in [-0.2, -0.15) is 0 Å². The first-order chi connectivity index (χ1) is 20.2. The third-order valence-electron chi connectivity index (χ3n) is 9.39. The molecule has 220 valence electrons. The molecule has 2 aliphatic carbocycles. The fourth-order valence-corrected chi connectivity index (χ4v) is 6.96. The standard InChI is InChI=1S/C31H32FN3O7/c1-3-31(40)19-10-23-26-17(12-35(23)29(38)18(19)13-42-30(31)39)25-21(34-28(37)27(15-4-5-15)41-9-8-36)7-6-16-14(2)20(32)11-22(33-26)24(16)25/h10-11,15,21,27,36,40H,3-9,12-13H2,1-2H3,(H,34,37)/t21-,27+,31-/m0/s1. The molecular weight excluding hydrogens is 545 g/mol. The average Bonchev–Trinajstić information content (AvgIpc) is 3.75. The van der Waals surface area contributed by atoms with E-state index in [1.54, 1.807) is 24.5 Å². The van der Waals surface area contributed by atoms with Gasteiger partial charge in [-0.15, -0.1) is 0 Å². The number of aryl methyl sites for hydroxylation is 1. The zero-order valence-electron chi connectivity index (χ0n) is 23.5. The number of pyridine rings is 2. The van der Waals surface area contributed by atoms with Gasteiger partial charge in [0.25, 0.3) is 5.56 Å². The molecule has 4 heterocycles. The van der Waals surface area contributed by atoms with Crippen molar-refractivity contribution in [2.75, 3.05) is 13.2 Å². The van der Waals surface area contributed by atoms with Crippen molar-refractivity contribution in [2.45, 2.75) is 76.9 Å². The second-order valence-corrected chi connectivity index (χ2v) is 11.8. The van der Waals surface area contributed by atoms with E-state index in [-0.39, 0.29) is 67.1 Å². The topological polar surface area (TPSA) is 140 Å². The Bertz CT molecular complexity index is 1750. The lowest BCUT2D eigenvalue weighted by Crippen LogP contribution is -2.44. The third-order valence-corrected chi connectivity index (χ3v) is 9.39. The van der Waals surface area contributed by atoms with Gasteiger partial charge in [0.15, 0.2) is 5.60 Å². The number of halogens is 1. The van der Waals surface area contributed by atoms with Crippen molar-refractivity contribution in [1.82, 2.24) is 14.9 Å². The maximum absolute atomic E-state index is 15.1. The second kappa shape index (κ2) is 9.68. The summed E-state index contributed by atoms with van der Waals surface area (Å²) >= 11 is 0. The first-order valence-electron chi connectivity index (χ1n) is 14.5. The van der Waals surface area contributed by atoms with E-state index in [9.17, 15) is 24.6 Å². The zero-order chi connectivity index (χ0) is 29.5. The number of aliphatic hydroxyl groups is 2. The van der Waals surface area contributed by atoms with Crippen molar-refractivity contribution in [1.29, 1.82) is 0 Å². The molecule has 4 aliphatic rings. The number of aliphatic hydroxyl groups excluding tert-OH is 1. The predicted octanol–water partition coefficient (Wildman–Crippen LogP) is 2.42. The SMILES string of the molecule is CC[C@@]1(O)C(=O)OCc2c1cc1n(c2=O)Cc2c-1nc1cc(F)c(C)c3c1c2[C@@H](NC(=O)[C@H](OCCO)C1CC1)CC3. The summed E-state index contributed by atoms with van der Waals surface area (Å²) < 4.78 is 27.6. The van der Waals surface area contributed by atoms with E-state index in [0.717, 1.165) is 34.9 Å². The van der Waals surface area contributed by atoms with Crippen LogP contribution in [-0.2, 0) is 44.2 Å². The lowest BCUT2D eigenvalue weighted by atomic mass is 9.81. The highest BCUT2D eigenvalue weighted by Gasteiger charge is 2.46. The minimum Gasteiger partial charge on any atom is -0.458 e. The summed E-state index contributed by atoms with van der Waals surface area (Å²) in [6.45, 7) is 3.19. The largest absolute Gasteiger partial charge is 0.458 e. The van der Waals surface area contributed by atoms with E-state index in [4.69, 9.17) is 14.5 Å². The van der Waals surface area contributed by atoms with E-state index in [1.807, 2.05) is 0 Å². The van der Waals surface area contributed by atoms with Crippen LogP contribution in [-0.4, -0.2) is 51.0 Å². The Morgan fingerprint density at radius 1 is 1.26 bits per heavy atom. The molecular formula is C31H32FN3O7. The van der Waals surface area contributed by atoms with E-state index < -0.39 is 23.7 Å². The molecule has 0 unspecified atom stereocenters. The summed E-state index contributed by atoms with van der Waals surface area (Å²) in [6.07, 6.45) is 2.16. The van der Waals surface area contributed by atoms with Crippen LogP contribution in [0.25, 0.3) is 22.3 Å². The van der Waals surface area contributed by atoms with Crippen molar-refractivity contribution in [3.63, 3.8) is 0 Å². The number of hydrogen-bond acceptors (Lipinski definition) is 8. The number of cyclic esters (lactones) is 1. The van der Waals surface area contributed by atoms with Gasteiger partial charge in [0, 0.05) is 22.6 Å². The number of nitrogens with one attached hydrogen (secondary N) is 1. The zero-order valence-corrected chi connectivity index (χ0v) is 23.5. The number of amides is 1. The summed E-state index contributed by atoms with van der Waals surface area (Å²) in [5, 5.41) is 24.5. The van der Waals surface area contributed by atoms with Gasteiger partial charge in [0.1, 0.15) is 18.5 Å². The van der Waals surface area contributed by atoms with E-state index >= 15 is 4.39 Å². The summed E-state index contributed by atoms with van der Waals surface area (Å²) in [5.74, 6) is -1.35. The monoisotopic (exact) mass is 577 g/mol. The average molecular weight is 578 g/mol. The number of aromatic nitrogens is 2. The number of fused-ring (bicyclic) bond motifs is 5. The van der Waals surface area contributed by atoms with Crippen LogP contribution in [0.2, 0.25) is 0 Å². The van der Waals surface area contributed by atoms with E-state index in [0.29, 0.717) is 35.3 Å². The van der Waals surface area contributed by atoms with Gasteiger partial charge in [-0.1, -0.05) is 6.92 Å². The van der Waals surface area contributed by atoms with Crippen LogP contribution in [0.4, 0.5) is 4.39 Å². The fraction of sp³-hybridized carbons (Fsp3) is 0.484. The summed E-state index contributed by atoms with van der Waals surface area (Å²) in [7, 11) is 0. The van der Waals surface area contributed by atoms with Crippen molar-refractivity contribution >= 4 is 22.8 Å². The maximum atomic E-state index is 15.1. The van der Waals surface area contributed by atoms with Crippen molar-refractivity contribution in [3.05, 3.63) is 61.7 Å². The first-order valence-corrected chi connectivity index (χ1v) is 14.5. The fourth-order valence-electron chi connectivity index (χ4n) is 6.96. The van der Waals surface area contributed by atoms with Crippen LogP contribution in [0, 0.1) is 18.7 Å². The first kappa shape index (κ1) is 27.2. The second-order valence-electron chi connectivity index (χ2n) is 11.8. The number of rotatable bonds is 7. The lowest BCUT2D eigenvalue weighted by Gasteiger charge is -2.31. The van der Waals surface area contributed by atoms with Crippen molar-refractivity contribution in [2.24, 2.45) is 5.92 Å². The quantitative estimate of drug-likeness (QED) is 0.285. The number of carbonyl (C=O) groups is 2. The van der Waals surface area contributed by atoms with Gasteiger partial charge in [-0.25, -0.2) is 14.2 Å². The Balaban J connectivity index is 1.40. The van der Waals surface area contributed by atoms with Gasteiger partial charge in [-0.05, 0) is 67.7 Å². The number of carbonyl (C=O) groups excluding carboxylic acids is 2. The van der Waals surface area contributed by atoms with Crippen LogP contribution in [0.5, 0.6) is 0 Å². The van der Waals surface area contributed by atoms with Gasteiger partial charge in [0.05, 0.1) is 48.3 Å². The number of benzene rings is 1. The number of nitrogens with zero attached hydrogens (tertiary/aromatic N) is 2. The highest BCUT2D eigenvalue weighted by Crippen LogP contribution is 2.46. The Labute approximate surface area is 240 Å². The Kier molecular flexibility index (Phi) is 6.27. The Hall–Kier alpha value is -3.67. The molecule has 1 saturated carbocycles. The third kappa shape index (κ3) is 3.86. The summed E-state index contributed by atoms with van der Waals surface area (Å²) in [5.41, 5.74) is 2.27. The molecule has 11 heteroatoms. The molecule has 42 heavy (non-hydrogen) atoms. The Morgan fingerprint density at radius 3 is 2.76 bits per heavy atom. The van der Waals surface area contributed by atoms with Gasteiger partial charge in [0.2, 0.25) is 5.91 Å². The number of hydrogen-bond donors (Lipinski definition) is 3. The molecule has 7 rings (SSSR count). The molecule has 2 aliphatic heterocycles.